The maximum atomic E-state index is 8.79. The first-order chi connectivity index (χ1) is 25.4. The highest BCUT2D eigenvalue weighted by Gasteiger charge is 2.12. The summed E-state index contributed by atoms with van der Waals surface area (Å²) in [5.74, 6) is 0.529. The normalized spacial score (nSPS) is 12.3. The molecule has 0 saturated carbocycles. The Labute approximate surface area is 304 Å². The van der Waals surface area contributed by atoms with Gasteiger partial charge in [0.1, 0.15) is 0 Å². The second-order valence-electron chi connectivity index (χ2n) is 12.7. The summed E-state index contributed by atoms with van der Waals surface area (Å²) < 4.78 is 0. The summed E-state index contributed by atoms with van der Waals surface area (Å²) >= 11 is 0. The summed E-state index contributed by atoms with van der Waals surface area (Å²) in [4.78, 5) is 13.6. The van der Waals surface area contributed by atoms with E-state index in [9.17, 15) is 0 Å². The minimum atomic E-state index is 0.131. The molecule has 1 N–H and O–H groups in total. The molecule has 4 heteroatoms. The average molecular weight is 671 g/mol. The Bertz CT molecular complexity index is 2620. The molecule has 6 aromatic carbocycles. The van der Waals surface area contributed by atoms with E-state index in [1.807, 2.05) is 79.9 Å². The lowest BCUT2D eigenvalue weighted by atomic mass is 9.90. The summed E-state index contributed by atoms with van der Waals surface area (Å²) in [6, 6.07) is 43.7. The van der Waals surface area contributed by atoms with Gasteiger partial charge in [0.05, 0.1) is 5.52 Å². The predicted octanol–water partition coefficient (Wildman–Crippen LogP) is 12.2. The van der Waals surface area contributed by atoms with Crippen molar-refractivity contribution in [2.45, 2.75) is 13.3 Å². The molecule has 7 rings (SSSR count). The predicted molar refractivity (Wildman–Crippen MR) is 225 cm³/mol. The molecule has 0 amide bonds. The maximum Gasteiger partial charge on any atom is 0.156 e. The number of aliphatic imine (C=N–C) groups is 2. The van der Waals surface area contributed by atoms with E-state index in [4.69, 9.17) is 10.4 Å². The number of allylic oxidation sites excluding steroid dienone is 3. The number of hydrogen-bond acceptors (Lipinski definition) is 2. The van der Waals surface area contributed by atoms with Gasteiger partial charge in [0.2, 0.25) is 0 Å². The highest BCUT2D eigenvalue weighted by molar-refractivity contribution is 6.13. The lowest BCUT2D eigenvalue weighted by Crippen LogP contribution is -2.04. The molecule has 250 valence electrons. The molecule has 0 aliphatic heterocycles. The highest BCUT2D eigenvalue weighted by atomic mass is 14.9. The zero-order chi connectivity index (χ0) is 36.0. The minimum absolute atomic E-state index is 0.131. The third-order valence-electron chi connectivity index (χ3n) is 9.40. The Morgan fingerprint density at radius 3 is 2.17 bits per heavy atom. The van der Waals surface area contributed by atoms with Crippen molar-refractivity contribution in [3.8, 4) is 11.1 Å². The highest BCUT2D eigenvalue weighted by Crippen LogP contribution is 2.35. The fourth-order valence-electron chi connectivity index (χ4n) is 6.65. The van der Waals surface area contributed by atoms with E-state index in [0.717, 1.165) is 71.6 Å². The second-order valence-corrected chi connectivity index (χ2v) is 12.7. The fourth-order valence-corrected chi connectivity index (χ4v) is 6.65. The molecule has 52 heavy (non-hydrogen) atoms. The molecule has 1 aromatic heterocycles. The number of amidine groups is 2. The summed E-state index contributed by atoms with van der Waals surface area (Å²) in [6.07, 6.45) is 10.7. The summed E-state index contributed by atoms with van der Waals surface area (Å²) in [5, 5.41) is 14.4. The SMILES string of the molecule is C=Cc1cc(-c2ccc(C/C=C(\C=C(/C)C(N=C)=NC(=N)c3ccc4ccccc4c3)c3cnc4ccccc4c3)cc2)c2ccccc2c1C=C. The van der Waals surface area contributed by atoms with Crippen molar-refractivity contribution in [2.24, 2.45) is 9.98 Å². The van der Waals surface area contributed by atoms with Gasteiger partial charge >= 0.3 is 0 Å². The van der Waals surface area contributed by atoms with Crippen LogP contribution in [-0.2, 0) is 6.42 Å². The van der Waals surface area contributed by atoms with Gasteiger partial charge < -0.3 is 0 Å². The first kappa shape index (κ1) is 33.7. The van der Waals surface area contributed by atoms with Crippen molar-refractivity contribution in [1.29, 1.82) is 5.41 Å². The molecule has 0 saturated heterocycles. The maximum absolute atomic E-state index is 8.79. The molecule has 7 aromatic rings. The number of aromatic nitrogens is 1. The van der Waals surface area contributed by atoms with Gasteiger partial charge in [-0.05, 0) is 111 Å². The van der Waals surface area contributed by atoms with E-state index in [2.05, 4.69) is 115 Å². The van der Waals surface area contributed by atoms with Crippen LogP contribution in [0.1, 0.15) is 34.7 Å². The van der Waals surface area contributed by atoms with E-state index in [1.165, 1.54) is 10.9 Å². The van der Waals surface area contributed by atoms with E-state index in [0.29, 0.717) is 12.3 Å². The molecular formula is C48H38N4. The van der Waals surface area contributed by atoms with Crippen LogP contribution in [0, 0.1) is 5.41 Å². The summed E-state index contributed by atoms with van der Waals surface area (Å²) in [7, 11) is 0. The Balaban J connectivity index is 1.23. The van der Waals surface area contributed by atoms with Gasteiger partial charge in [-0.1, -0.05) is 135 Å². The standard InChI is InChI=1S/C48H38N4/c1-5-34-30-45(44-17-11-10-16-43(44)42(34)6-2)36-22-19-33(20-23-36)21-24-38(41-29-39-15-9-12-18-46(39)51-31-41)27-32(3)48(50-4)52-47(49)40-26-25-35-13-7-8-14-37(35)28-40/h5-20,22-31,49H,1-2,4,21H2,3H3/b32-27+,38-24+,49-47?,52-48?. The number of nitrogens with one attached hydrogen (secondary N) is 1. The van der Waals surface area contributed by atoms with Gasteiger partial charge in [-0.3, -0.25) is 10.4 Å². The van der Waals surface area contributed by atoms with Crippen LogP contribution in [-0.4, -0.2) is 23.4 Å². The van der Waals surface area contributed by atoms with Gasteiger partial charge in [-0.2, -0.15) is 0 Å². The van der Waals surface area contributed by atoms with Crippen molar-refractivity contribution in [3.63, 3.8) is 0 Å². The minimum Gasteiger partial charge on any atom is -0.282 e. The van der Waals surface area contributed by atoms with Gasteiger partial charge in [-0.25, -0.2) is 9.98 Å². The number of fused-ring (bicyclic) bond motifs is 3. The van der Waals surface area contributed by atoms with Crippen LogP contribution in [0.4, 0.5) is 0 Å². The Kier molecular flexibility index (Phi) is 9.72. The first-order valence-electron chi connectivity index (χ1n) is 17.2. The molecule has 0 aliphatic rings. The molecular weight excluding hydrogens is 633 g/mol. The second kappa shape index (κ2) is 15.0. The van der Waals surface area contributed by atoms with Crippen molar-refractivity contribution >= 4 is 68.6 Å². The van der Waals surface area contributed by atoms with Crippen LogP contribution in [0.25, 0.3) is 61.3 Å². The van der Waals surface area contributed by atoms with Crippen LogP contribution in [0.3, 0.4) is 0 Å². The molecule has 0 atom stereocenters. The topological polar surface area (TPSA) is 61.5 Å². The monoisotopic (exact) mass is 670 g/mol. The number of para-hydroxylation sites is 1. The van der Waals surface area contributed by atoms with Crippen LogP contribution in [0.5, 0.6) is 0 Å². The molecule has 0 spiro atoms. The van der Waals surface area contributed by atoms with Crippen LogP contribution < -0.4 is 0 Å². The number of rotatable bonds is 9. The lowest BCUT2D eigenvalue weighted by Gasteiger charge is -2.13. The van der Waals surface area contributed by atoms with Crippen molar-refractivity contribution < 1.29 is 0 Å². The van der Waals surface area contributed by atoms with Gasteiger partial charge in [0.25, 0.3) is 0 Å². The third kappa shape index (κ3) is 6.96. The zero-order valence-electron chi connectivity index (χ0n) is 29.2. The van der Waals surface area contributed by atoms with Gasteiger partial charge in [-0.15, -0.1) is 0 Å². The molecule has 1 heterocycles. The molecule has 0 radical (unpaired) electrons. The molecule has 4 nitrogen and oxygen atoms in total. The average Bonchev–Trinajstić information content (AvgIpc) is 3.20. The zero-order valence-corrected chi connectivity index (χ0v) is 29.2. The first-order valence-corrected chi connectivity index (χ1v) is 17.2. The van der Waals surface area contributed by atoms with Crippen LogP contribution in [0.15, 0.2) is 174 Å². The van der Waals surface area contributed by atoms with E-state index >= 15 is 0 Å². The van der Waals surface area contributed by atoms with Crippen LogP contribution >= 0.6 is 0 Å². The lowest BCUT2D eigenvalue weighted by molar-refractivity contribution is 1.27. The molecule has 0 bridgehead atoms. The quantitative estimate of drug-likeness (QED) is 0.0927. The molecule has 0 fully saturated rings. The number of pyridine rings is 1. The number of benzene rings is 6. The van der Waals surface area contributed by atoms with E-state index in [-0.39, 0.29) is 5.84 Å². The van der Waals surface area contributed by atoms with E-state index < -0.39 is 0 Å². The van der Waals surface area contributed by atoms with Gasteiger partial charge in [0, 0.05) is 22.7 Å². The summed E-state index contributed by atoms with van der Waals surface area (Å²) in [6.45, 7) is 13.9. The Morgan fingerprint density at radius 2 is 1.42 bits per heavy atom. The van der Waals surface area contributed by atoms with Crippen molar-refractivity contribution in [3.05, 3.63) is 192 Å². The molecule has 0 unspecified atom stereocenters. The Morgan fingerprint density at radius 1 is 0.731 bits per heavy atom. The van der Waals surface area contributed by atoms with Gasteiger partial charge in [0.15, 0.2) is 11.7 Å². The largest absolute Gasteiger partial charge is 0.282 e. The smallest absolute Gasteiger partial charge is 0.156 e. The summed E-state index contributed by atoms with van der Waals surface area (Å²) in [5.41, 5.74) is 10.1. The van der Waals surface area contributed by atoms with Crippen LogP contribution in [0.2, 0.25) is 0 Å². The van der Waals surface area contributed by atoms with Crippen molar-refractivity contribution in [2.75, 3.05) is 0 Å². The van der Waals surface area contributed by atoms with E-state index in [1.54, 1.807) is 0 Å². The molecule has 0 aliphatic carbocycles. The van der Waals surface area contributed by atoms with Crippen molar-refractivity contribution in [1.82, 2.24) is 4.98 Å². The number of nitrogens with zero attached hydrogens (tertiary/aromatic N) is 3. The third-order valence-corrected chi connectivity index (χ3v) is 9.40. The number of hydrogen-bond donors (Lipinski definition) is 1. The fraction of sp³-hybridized carbons (Fsp3) is 0.0417. The Hall–Kier alpha value is -6.78.